The number of aryl methyl sites for hydroxylation is 3. The third-order valence-corrected chi connectivity index (χ3v) is 5.43. The minimum atomic E-state index is -1.08. The van der Waals surface area contributed by atoms with Crippen molar-refractivity contribution in [1.82, 2.24) is 24.6 Å². The highest BCUT2D eigenvalue weighted by Gasteiger charge is 2.31. The average molecular weight is 409 g/mol. The molecule has 9 nitrogen and oxygen atoms in total. The lowest BCUT2D eigenvalue weighted by molar-refractivity contribution is 0.0673. The molecule has 0 aliphatic carbocycles. The number of aromatic amines is 1. The minimum absolute atomic E-state index is 0.0102. The number of imidazole rings is 1. The Morgan fingerprint density at radius 3 is 2.63 bits per heavy atom. The number of rotatable bonds is 6. The number of aromatic carboxylic acids is 1. The molecule has 1 amide bonds. The van der Waals surface area contributed by atoms with Crippen molar-refractivity contribution in [2.45, 2.75) is 32.9 Å². The first-order chi connectivity index (χ1) is 14.5. The molecule has 156 valence electrons. The Hall–Kier alpha value is -3.62. The molecule has 0 atom stereocenters. The SMILES string of the molecule is COc1ccc(CCn2nc(C(=O)O)c3c2CCN(C(=O)c2nc[nH]c2C)C3)cc1. The third-order valence-electron chi connectivity index (χ3n) is 5.43. The van der Waals surface area contributed by atoms with E-state index in [0.717, 1.165) is 17.0 Å². The van der Waals surface area contributed by atoms with Crippen LogP contribution in [-0.4, -0.2) is 55.3 Å². The maximum absolute atomic E-state index is 12.8. The highest BCUT2D eigenvalue weighted by atomic mass is 16.5. The molecule has 3 heterocycles. The van der Waals surface area contributed by atoms with Gasteiger partial charge in [-0.05, 0) is 31.0 Å². The second-order valence-electron chi connectivity index (χ2n) is 7.25. The number of carbonyl (C=O) groups excluding carboxylic acids is 1. The number of fused-ring (bicyclic) bond motifs is 1. The Balaban J connectivity index is 1.55. The zero-order valence-electron chi connectivity index (χ0n) is 16.9. The number of amides is 1. The van der Waals surface area contributed by atoms with Crippen molar-refractivity contribution in [1.29, 1.82) is 0 Å². The first kappa shape index (κ1) is 19.7. The van der Waals surface area contributed by atoms with E-state index in [1.54, 1.807) is 23.6 Å². The van der Waals surface area contributed by atoms with Gasteiger partial charge in [0.05, 0.1) is 20.0 Å². The van der Waals surface area contributed by atoms with Crippen LogP contribution in [0.2, 0.25) is 0 Å². The highest BCUT2D eigenvalue weighted by molar-refractivity contribution is 5.94. The standard InChI is InChI=1S/C21H23N5O4/c1-13-18(23-12-22-13)20(27)25-9-8-17-16(11-25)19(21(28)29)24-26(17)10-7-14-3-5-15(30-2)6-4-14/h3-6,12H,7-11H2,1-2H3,(H,22,23)(H,28,29). The van der Waals surface area contributed by atoms with E-state index < -0.39 is 5.97 Å². The van der Waals surface area contributed by atoms with Crippen molar-refractivity contribution < 1.29 is 19.4 Å². The number of carboxylic acids is 1. The fourth-order valence-corrected chi connectivity index (χ4v) is 3.77. The largest absolute Gasteiger partial charge is 0.497 e. The van der Waals surface area contributed by atoms with Gasteiger partial charge in [0.2, 0.25) is 0 Å². The van der Waals surface area contributed by atoms with Crippen LogP contribution < -0.4 is 4.74 Å². The van der Waals surface area contributed by atoms with Gasteiger partial charge in [0.25, 0.3) is 5.91 Å². The van der Waals surface area contributed by atoms with Gasteiger partial charge in [-0.2, -0.15) is 5.10 Å². The molecule has 0 bridgehead atoms. The Labute approximate surface area is 173 Å². The Kier molecular flexibility index (Phi) is 5.26. The molecule has 4 rings (SSSR count). The number of ether oxygens (including phenoxy) is 1. The maximum Gasteiger partial charge on any atom is 0.356 e. The lowest BCUT2D eigenvalue weighted by Gasteiger charge is -2.27. The zero-order valence-corrected chi connectivity index (χ0v) is 16.9. The topological polar surface area (TPSA) is 113 Å². The molecule has 0 radical (unpaired) electrons. The van der Waals surface area contributed by atoms with Crippen LogP contribution >= 0.6 is 0 Å². The second kappa shape index (κ2) is 8.02. The summed E-state index contributed by atoms with van der Waals surface area (Å²) in [7, 11) is 1.62. The minimum Gasteiger partial charge on any atom is -0.497 e. The molecule has 0 saturated carbocycles. The van der Waals surface area contributed by atoms with E-state index in [1.165, 1.54) is 6.33 Å². The van der Waals surface area contributed by atoms with E-state index in [1.807, 2.05) is 24.3 Å². The number of H-pyrrole nitrogens is 1. The van der Waals surface area contributed by atoms with Gasteiger partial charge in [0, 0.05) is 36.5 Å². The number of nitrogens with one attached hydrogen (secondary N) is 1. The molecule has 0 saturated heterocycles. The van der Waals surface area contributed by atoms with Gasteiger partial charge in [-0.25, -0.2) is 9.78 Å². The first-order valence-corrected chi connectivity index (χ1v) is 9.72. The molecule has 1 aliphatic rings. The van der Waals surface area contributed by atoms with Gasteiger partial charge in [-0.1, -0.05) is 12.1 Å². The van der Waals surface area contributed by atoms with Crippen LogP contribution in [0, 0.1) is 6.92 Å². The van der Waals surface area contributed by atoms with E-state index in [2.05, 4.69) is 15.1 Å². The molecule has 9 heteroatoms. The number of aromatic nitrogens is 4. The number of hydrogen-bond acceptors (Lipinski definition) is 5. The maximum atomic E-state index is 12.8. The van der Waals surface area contributed by atoms with Crippen LogP contribution in [0.1, 0.15) is 43.5 Å². The van der Waals surface area contributed by atoms with Crippen molar-refractivity contribution in [2.24, 2.45) is 0 Å². The molecule has 0 fully saturated rings. The predicted octanol–water partition coefficient (Wildman–Crippen LogP) is 2.06. The van der Waals surface area contributed by atoms with Crippen molar-refractivity contribution in [2.75, 3.05) is 13.7 Å². The van der Waals surface area contributed by atoms with Gasteiger partial charge in [-0.3, -0.25) is 9.48 Å². The van der Waals surface area contributed by atoms with E-state index in [4.69, 9.17) is 4.74 Å². The number of benzene rings is 1. The highest BCUT2D eigenvalue weighted by Crippen LogP contribution is 2.25. The molecular weight excluding hydrogens is 386 g/mol. The van der Waals surface area contributed by atoms with E-state index in [9.17, 15) is 14.7 Å². The van der Waals surface area contributed by atoms with Crippen LogP contribution in [0.15, 0.2) is 30.6 Å². The number of carboxylic acid groups (broad SMARTS) is 1. The molecule has 1 aromatic carbocycles. The van der Waals surface area contributed by atoms with Gasteiger partial charge >= 0.3 is 5.97 Å². The Bertz CT molecular complexity index is 1080. The average Bonchev–Trinajstić information content (AvgIpc) is 3.35. The molecule has 2 N–H and O–H groups in total. The molecule has 0 unspecified atom stereocenters. The van der Waals surface area contributed by atoms with Crippen molar-refractivity contribution in [3.05, 3.63) is 64.5 Å². The van der Waals surface area contributed by atoms with Gasteiger partial charge in [-0.15, -0.1) is 0 Å². The van der Waals surface area contributed by atoms with Crippen LogP contribution in [0.5, 0.6) is 5.75 Å². The second-order valence-corrected chi connectivity index (χ2v) is 7.25. The monoisotopic (exact) mass is 409 g/mol. The molecule has 1 aliphatic heterocycles. The van der Waals surface area contributed by atoms with Crippen LogP contribution in [0.3, 0.4) is 0 Å². The van der Waals surface area contributed by atoms with Gasteiger partial charge in [0.1, 0.15) is 11.4 Å². The summed E-state index contributed by atoms with van der Waals surface area (Å²) in [6.07, 6.45) is 2.75. The summed E-state index contributed by atoms with van der Waals surface area (Å²) in [6, 6.07) is 7.77. The van der Waals surface area contributed by atoms with Crippen LogP contribution in [0.4, 0.5) is 0 Å². The van der Waals surface area contributed by atoms with Crippen LogP contribution in [-0.2, 0) is 25.9 Å². The summed E-state index contributed by atoms with van der Waals surface area (Å²) in [6.45, 7) is 3.06. The fourth-order valence-electron chi connectivity index (χ4n) is 3.77. The lowest BCUT2D eigenvalue weighted by atomic mass is 10.0. The number of carbonyl (C=O) groups is 2. The number of hydrogen-bond donors (Lipinski definition) is 2. The van der Waals surface area contributed by atoms with E-state index >= 15 is 0 Å². The number of nitrogens with zero attached hydrogens (tertiary/aromatic N) is 4. The van der Waals surface area contributed by atoms with Crippen molar-refractivity contribution >= 4 is 11.9 Å². The first-order valence-electron chi connectivity index (χ1n) is 9.72. The van der Waals surface area contributed by atoms with E-state index in [-0.39, 0.29) is 18.1 Å². The molecule has 3 aromatic rings. The Morgan fingerprint density at radius 1 is 1.23 bits per heavy atom. The quantitative estimate of drug-likeness (QED) is 0.644. The zero-order chi connectivity index (χ0) is 21.3. The molecular formula is C21H23N5O4. The fraction of sp³-hybridized carbons (Fsp3) is 0.333. The summed E-state index contributed by atoms with van der Waals surface area (Å²) in [4.78, 5) is 33.2. The molecule has 0 spiro atoms. The lowest BCUT2D eigenvalue weighted by Crippen LogP contribution is -2.37. The smallest absolute Gasteiger partial charge is 0.356 e. The van der Waals surface area contributed by atoms with Gasteiger partial charge < -0.3 is 19.7 Å². The Morgan fingerprint density at radius 2 is 2.00 bits per heavy atom. The van der Waals surface area contributed by atoms with Crippen molar-refractivity contribution in [3.63, 3.8) is 0 Å². The summed E-state index contributed by atoms with van der Waals surface area (Å²) in [5.74, 6) is -0.498. The molecule has 2 aromatic heterocycles. The molecule has 30 heavy (non-hydrogen) atoms. The summed E-state index contributed by atoms with van der Waals surface area (Å²) in [5, 5.41) is 14.0. The normalized spacial score (nSPS) is 13.2. The van der Waals surface area contributed by atoms with Crippen molar-refractivity contribution in [3.8, 4) is 5.75 Å². The summed E-state index contributed by atoms with van der Waals surface area (Å²) >= 11 is 0. The van der Waals surface area contributed by atoms with E-state index in [0.29, 0.717) is 42.9 Å². The summed E-state index contributed by atoms with van der Waals surface area (Å²) < 4.78 is 6.95. The van der Waals surface area contributed by atoms with Gasteiger partial charge in [0.15, 0.2) is 5.69 Å². The number of methoxy groups -OCH3 is 1. The predicted molar refractivity (Wildman–Crippen MR) is 108 cm³/mol. The summed E-state index contributed by atoms with van der Waals surface area (Å²) in [5.41, 5.74) is 3.66. The van der Waals surface area contributed by atoms with Crippen LogP contribution in [0.25, 0.3) is 0 Å². The third kappa shape index (κ3) is 3.66.